The molecule has 0 fully saturated rings. The van der Waals surface area contributed by atoms with Gasteiger partial charge in [0.15, 0.2) is 0 Å². The molecule has 0 radical (unpaired) electrons. The van der Waals surface area contributed by atoms with Crippen LogP contribution in [0.5, 0.6) is 0 Å². The molecule has 1 amide bonds. The van der Waals surface area contributed by atoms with Crippen LogP contribution in [0.1, 0.15) is 20.3 Å². The summed E-state index contributed by atoms with van der Waals surface area (Å²) in [5.74, 6) is -1.64. The van der Waals surface area contributed by atoms with E-state index in [0.717, 1.165) is 0 Å². The third kappa shape index (κ3) is 6.10. The predicted molar refractivity (Wildman–Crippen MR) is 46.4 cm³/mol. The molecule has 0 aromatic carbocycles. The van der Waals surface area contributed by atoms with Crippen LogP contribution in [0.15, 0.2) is 0 Å². The average molecular weight is 189 g/mol. The Morgan fingerprint density at radius 2 is 2.00 bits per heavy atom. The number of ether oxygens (including phenoxy) is 1. The molecule has 2 N–H and O–H groups in total. The smallest absolute Gasteiger partial charge is 0.312 e. The summed E-state index contributed by atoms with van der Waals surface area (Å²) < 4.78 is 4.85. The van der Waals surface area contributed by atoms with Gasteiger partial charge in [0, 0.05) is 7.11 Å². The van der Waals surface area contributed by atoms with Gasteiger partial charge in [0.25, 0.3) is 0 Å². The Morgan fingerprint density at radius 3 is 2.38 bits per heavy atom. The maximum absolute atomic E-state index is 11.0. The number of hydrogen-bond donors (Lipinski definition) is 2. The normalized spacial score (nSPS) is 11.0. The first-order valence-corrected chi connectivity index (χ1v) is 3.89. The summed E-state index contributed by atoms with van der Waals surface area (Å²) in [6, 6.07) is 0. The molecule has 0 aromatic heterocycles. The second-order valence-electron chi connectivity index (χ2n) is 3.44. The highest BCUT2D eigenvalue weighted by Gasteiger charge is 2.21. The number of methoxy groups -OCH3 is 1. The van der Waals surface area contributed by atoms with Gasteiger partial charge in [0.2, 0.25) is 5.91 Å². The highest BCUT2D eigenvalue weighted by Crippen LogP contribution is 2.02. The number of carbonyl (C=O) groups excluding carboxylic acids is 1. The van der Waals surface area contributed by atoms with E-state index in [1.165, 1.54) is 7.11 Å². The van der Waals surface area contributed by atoms with Gasteiger partial charge in [-0.05, 0) is 13.8 Å². The summed E-state index contributed by atoms with van der Waals surface area (Å²) in [5.41, 5.74) is -0.527. The van der Waals surface area contributed by atoms with Crippen LogP contribution in [0.25, 0.3) is 0 Å². The fraction of sp³-hybridized carbons (Fsp3) is 0.750. The highest BCUT2D eigenvalue weighted by molar-refractivity contribution is 5.93. The summed E-state index contributed by atoms with van der Waals surface area (Å²) in [6.07, 6.45) is -0.507. The Morgan fingerprint density at radius 1 is 1.46 bits per heavy atom. The Labute approximate surface area is 77.1 Å². The van der Waals surface area contributed by atoms with Crippen LogP contribution >= 0.6 is 0 Å². The summed E-state index contributed by atoms with van der Waals surface area (Å²) in [5, 5.41) is 10.9. The fourth-order valence-electron chi connectivity index (χ4n) is 0.956. The lowest BCUT2D eigenvalue weighted by atomic mass is 10.1. The minimum Gasteiger partial charge on any atom is -0.481 e. The standard InChI is InChI=1S/C8H15NO4/c1-8(2,5-13-3)9-6(10)4-7(11)12/h4-5H2,1-3H3,(H,9,10)(H,11,12). The molecule has 0 aliphatic carbocycles. The molecule has 13 heavy (non-hydrogen) atoms. The molecule has 76 valence electrons. The van der Waals surface area contributed by atoms with Crippen molar-refractivity contribution in [3.05, 3.63) is 0 Å². The molecular formula is C8H15NO4. The Balaban J connectivity index is 3.96. The zero-order valence-electron chi connectivity index (χ0n) is 8.09. The third-order valence-electron chi connectivity index (χ3n) is 1.29. The van der Waals surface area contributed by atoms with Crippen LogP contribution in [0.4, 0.5) is 0 Å². The van der Waals surface area contributed by atoms with Crippen molar-refractivity contribution in [1.82, 2.24) is 5.32 Å². The quantitative estimate of drug-likeness (QED) is 0.597. The number of hydrogen-bond acceptors (Lipinski definition) is 3. The van der Waals surface area contributed by atoms with Crippen molar-refractivity contribution < 1.29 is 19.4 Å². The Hall–Kier alpha value is -1.10. The summed E-state index contributed by atoms with van der Waals surface area (Å²) in [6.45, 7) is 3.87. The van der Waals surface area contributed by atoms with Crippen LogP contribution in [0.2, 0.25) is 0 Å². The number of carboxylic acids is 1. The van der Waals surface area contributed by atoms with E-state index in [4.69, 9.17) is 9.84 Å². The van der Waals surface area contributed by atoms with Crippen molar-refractivity contribution in [3.63, 3.8) is 0 Å². The average Bonchev–Trinajstić information content (AvgIpc) is 1.81. The van der Waals surface area contributed by atoms with Crippen molar-refractivity contribution in [2.45, 2.75) is 25.8 Å². The van der Waals surface area contributed by atoms with Crippen molar-refractivity contribution >= 4 is 11.9 Å². The van der Waals surface area contributed by atoms with Crippen LogP contribution in [-0.4, -0.2) is 36.2 Å². The molecule has 5 nitrogen and oxygen atoms in total. The number of amides is 1. The first-order valence-electron chi connectivity index (χ1n) is 3.89. The Kier molecular flexibility index (Phi) is 4.40. The maximum atomic E-state index is 11.0. The van der Waals surface area contributed by atoms with E-state index in [-0.39, 0.29) is 0 Å². The highest BCUT2D eigenvalue weighted by atomic mass is 16.5. The minimum absolute atomic E-state index is 0.346. The van der Waals surface area contributed by atoms with Gasteiger partial charge in [0.05, 0.1) is 12.1 Å². The zero-order valence-corrected chi connectivity index (χ0v) is 8.09. The van der Waals surface area contributed by atoms with Gasteiger partial charge in [-0.25, -0.2) is 0 Å². The van der Waals surface area contributed by atoms with Gasteiger partial charge in [-0.2, -0.15) is 0 Å². The summed E-state index contributed by atoms with van der Waals surface area (Å²) in [4.78, 5) is 21.2. The number of carbonyl (C=O) groups is 2. The van der Waals surface area contributed by atoms with Gasteiger partial charge in [0.1, 0.15) is 6.42 Å². The van der Waals surface area contributed by atoms with Gasteiger partial charge < -0.3 is 15.2 Å². The molecule has 0 rings (SSSR count). The molecule has 0 spiro atoms. The molecular weight excluding hydrogens is 174 g/mol. The molecule has 0 saturated carbocycles. The minimum atomic E-state index is -1.13. The largest absolute Gasteiger partial charge is 0.481 e. The summed E-state index contributed by atoms with van der Waals surface area (Å²) >= 11 is 0. The second-order valence-corrected chi connectivity index (χ2v) is 3.44. The number of rotatable bonds is 5. The Bertz CT molecular complexity index is 200. The molecule has 0 bridgehead atoms. The van der Waals surface area contributed by atoms with Crippen LogP contribution < -0.4 is 5.32 Å². The third-order valence-corrected chi connectivity index (χ3v) is 1.29. The van der Waals surface area contributed by atoms with Crippen molar-refractivity contribution in [2.75, 3.05) is 13.7 Å². The molecule has 0 aliphatic heterocycles. The molecule has 0 unspecified atom stereocenters. The lowest BCUT2D eigenvalue weighted by Crippen LogP contribution is -2.47. The topological polar surface area (TPSA) is 75.6 Å². The van der Waals surface area contributed by atoms with Gasteiger partial charge in [-0.15, -0.1) is 0 Å². The van der Waals surface area contributed by atoms with Crippen LogP contribution in [0, 0.1) is 0 Å². The molecule has 0 aliphatic rings. The number of aliphatic carboxylic acids is 1. The van der Waals surface area contributed by atoms with Crippen molar-refractivity contribution in [1.29, 1.82) is 0 Å². The molecule has 0 saturated heterocycles. The number of nitrogens with one attached hydrogen (secondary N) is 1. The van der Waals surface area contributed by atoms with Gasteiger partial charge >= 0.3 is 5.97 Å². The van der Waals surface area contributed by atoms with E-state index >= 15 is 0 Å². The van der Waals surface area contributed by atoms with E-state index in [1.807, 2.05) is 0 Å². The van der Waals surface area contributed by atoms with E-state index in [2.05, 4.69) is 5.32 Å². The molecule has 5 heteroatoms. The van der Waals surface area contributed by atoms with E-state index in [1.54, 1.807) is 13.8 Å². The molecule has 0 atom stereocenters. The monoisotopic (exact) mass is 189 g/mol. The lowest BCUT2D eigenvalue weighted by molar-refractivity contribution is -0.141. The zero-order chi connectivity index (χ0) is 10.5. The molecule has 0 heterocycles. The second kappa shape index (κ2) is 4.81. The van der Waals surface area contributed by atoms with Crippen molar-refractivity contribution in [3.8, 4) is 0 Å². The molecule has 0 aromatic rings. The van der Waals surface area contributed by atoms with E-state index < -0.39 is 23.8 Å². The first-order chi connectivity index (χ1) is 5.87. The van der Waals surface area contributed by atoms with Crippen molar-refractivity contribution in [2.24, 2.45) is 0 Å². The lowest BCUT2D eigenvalue weighted by Gasteiger charge is -2.24. The summed E-state index contributed by atoms with van der Waals surface area (Å²) in [7, 11) is 1.52. The predicted octanol–water partition coefficient (Wildman–Crippen LogP) is 0.00230. The fourth-order valence-corrected chi connectivity index (χ4v) is 0.956. The van der Waals surface area contributed by atoms with Gasteiger partial charge in [-0.1, -0.05) is 0 Å². The first kappa shape index (κ1) is 11.9. The number of carboxylic acid groups (broad SMARTS) is 1. The van der Waals surface area contributed by atoms with Crippen LogP contribution in [0.3, 0.4) is 0 Å². The van der Waals surface area contributed by atoms with E-state index in [9.17, 15) is 9.59 Å². The van der Waals surface area contributed by atoms with Gasteiger partial charge in [-0.3, -0.25) is 9.59 Å². The SMILES string of the molecule is COCC(C)(C)NC(=O)CC(=O)O. The van der Waals surface area contributed by atoms with E-state index in [0.29, 0.717) is 6.61 Å². The van der Waals surface area contributed by atoms with Crippen LogP contribution in [-0.2, 0) is 14.3 Å². The maximum Gasteiger partial charge on any atom is 0.312 e.